The highest BCUT2D eigenvalue weighted by Crippen LogP contribution is 1.97. The van der Waals surface area contributed by atoms with E-state index in [1.54, 1.807) is 0 Å². The van der Waals surface area contributed by atoms with Crippen LogP contribution in [0.2, 0.25) is 0 Å². The summed E-state index contributed by atoms with van der Waals surface area (Å²) in [7, 11) is 3.82. The molecular formula is C9H18NO3+. The molecule has 0 saturated heterocycles. The van der Waals surface area contributed by atoms with Crippen molar-refractivity contribution >= 4 is 5.97 Å². The Bertz CT molecular complexity index is 178. The molecule has 0 aromatic rings. The van der Waals surface area contributed by atoms with Crippen LogP contribution in [0.25, 0.3) is 0 Å². The molecule has 1 N–H and O–H groups in total. The zero-order valence-corrected chi connectivity index (χ0v) is 8.32. The van der Waals surface area contributed by atoms with Crippen LogP contribution in [0, 0.1) is 0 Å². The van der Waals surface area contributed by atoms with Crippen LogP contribution in [0.4, 0.5) is 0 Å². The Labute approximate surface area is 79.0 Å². The molecule has 76 valence electrons. The van der Waals surface area contributed by atoms with Gasteiger partial charge in [-0.1, -0.05) is 6.58 Å². The highest BCUT2D eigenvalue weighted by Gasteiger charge is 2.11. The number of carbonyl (C=O) groups is 1. The molecule has 0 amide bonds. The molecule has 0 aliphatic heterocycles. The van der Waals surface area contributed by atoms with Gasteiger partial charge in [0.15, 0.2) is 6.73 Å². The third kappa shape index (κ3) is 6.31. The van der Waals surface area contributed by atoms with Crippen molar-refractivity contribution in [2.45, 2.75) is 6.42 Å². The number of quaternary nitrogens is 1. The quantitative estimate of drug-likeness (QED) is 0.212. The van der Waals surface area contributed by atoms with E-state index in [9.17, 15) is 4.79 Å². The fraction of sp³-hybridized carbons (Fsp3) is 0.667. The number of carbonyl (C=O) groups excluding carboxylic acids is 1. The van der Waals surface area contributed by atoms with Gasteiger partial charge < -0.3 is 14.3 Å². The van der Waals surface area contributed by atoms with Crippen LogP contribution >= 0.6 is 0 Å². The largest absolute Gasteiger partial charge is 0.462 e. The Morgan fingerprint density at radius 1 is 1.62 bits per heavy atom. The summed E-state index contributed by atoms with van der Waals surface area (Å²) in [5, 5.41) is 8.90. The van der Waals surface area contributed by atoms with Crippen molar-refractivity contribution in [3.05, 3.63) is 12.7 Å². The number of aliphatic hydroxyl groups excluding tert-OH is 1. The zero-order valence-electron chi connectivity index (χ0n) is 8.32. The second kappa shape index (κ2) is 5.72. The standard InChI is InChI=1S/C9H18NO3/c1-4-9(12)13-7-5-6-10(2,3)8-11/h4,11H,1,5-8H2,2-3H3/q+1. The Balaban J connectivity index is 3.46. The van der Waals surface area contributed by atoms with Crippen LogP contribution in [0.15, 0.2) is 12.7 Å². The summed E-state index contributed by atoms with van der Waals surface area (Å²) in [5.74, 6) is -0.394. The molecule has 0 aromatic heterocycles. The van der Waals surface area contributed by atoms with E-state index in [4.69, 9.17) is 9.84 Å². The van der Waals surface area contributed by atoms with Gasteiger partial charge in [0, 0.05) is 12.5 Å². The van der Waals surface area contributed by atoms with Gasteiger partial charge in [0.25, 0.3) is 0 Å². The van der Waals surface area contributed by atoms with Crippen LogP contribution in [0.1, 0.15) is 6.42 Å². The lowest BCUT2D eigenvalue weighted by atomic mass is 10.4. The van der Waals surface area contributed by atoms with Gasteiger partial charge in [-0.25, -0.2) is 4.79 Å². The minimum atomic E-state index is -0.394. The van der Waals surface area contributed by atoms with Gasteiger partial charge in [0.05, 0.1) is 27.2 Å². The number of esters is 1. The van der Waals surface area contributed by atoms with Gasteiger partial charge in [-0.05, 0) is 0 Å². The summed E-state index contributed by atoms with van der Waals surface area (Å²) in [6.07, 6.45) is 1.89. The molecule has 4 nitrogen and oxygen atoms in total. The van der Waals surface area contributed by atoms with E-state index in [2.05, 4.69) is 6.58 Å². The van der Waals surface area contributed by atoms with Gasteiger partial charge in [-0.2, -0.15) is 0 Å². The van der Waals surface area contributed by atoms with E-state index in [0.717, 1.165) is 19.0 Å². The van der Waals surface area contributed by atoms with E-state index in [1.807, 2.05) is 14.1 Å². The van der Waals surface area contributed by atoms with Crippen LogP contribution in [-0.4, -0.2) is 49.5 Å². The number of ether oxygens (including phenoxy) is 1. The first-order chi connectivity index (χ1) is 6.02. The maximum Gasteiger partial charge on any atom is 0.330 e. The third-order valence-electron chi connectivity index (χ3n) is 1.70. The van der Waals surface area contributed by atoms with E-state index in [0.29, 0.717) is 11.1 Å². The summed E-state index contributed by atoms with van der Waals surface area (Å²) in [6, 6.07) is 0. The van der Waals surface area contributed by atoms with Crippen molar-refractivity contribution in [2.75, 3.05) is 34.0 Å². The summed E-state index contributed by atoms with van der Waals surface area (Å²) in [4.78, 5) is 10.6. The molecule has 0 spiro atoms. The van der Waals surface area contributed by atoms with E-state index in [1.165, 1.54) is 0 Å². The fourth-order valence-corrected chi connectivity index (χ4v) is 0.795. The number of hydrogen-bond donors (Lipinski definition) is 1. The molecule has 4 heteroatoms. The average Bonchev–Trinajstić information content (AvgIpc) is 2.12. The van der Waals surface area contributed by atoms with Crippen molar-refractivity contribution < 1.29 is 19.1 Å². The Morgan fingerprint density at radius 2 is 2.23 bits per heavy atom. The van der Waals surface area contributed by atoms with E-state index < -0.39 is 5.97 Å². The molecule has 0 aliphatic carbocycles. The van der Waals surface area contributed by atoms with Gasteiger partial charge in [0.2, 0.25) is 0 Å². The maximum absolute atomic E-state index is 10.6. The first-order valence-electron chi connectivity index (χ1n) is 4.24. The van der Waals surface area contributed by atoms with E-state index >= 15 is 0 Å². The van der Waals surface area contributed by atoms with Crippen LogP contribution < -0.4 is 0 Å². The number of hydrogen-bond acceptors (Lipinski definition) is 3. The minimum absolute atomic E-state index is 0.0927. The summed E-state index contributed by atoms with van der Waals surface area (Å²) >= 11 is 0. The first-order valence-corrected chi connectivity index (χ1v) is 4.24. The smallest absolute Gasteiger partial charge is 0.330 e. The molecule has 13 heavy (non-hydrogen) atoms. The molecule has 0 fully saturated rings. The van der Waals surface area contributed by atoms with Crippen LogP contribution in [0.5, 0.6) is 0 Å². The van der Waals surface area contributed by atoms with Gasteiger partial charge in [-0.3, -0.25) is 0 Å². The average molecular weight is 188 g/mol. The van der Waals surface area contributed by atoms with Crippen molar-refractivity contribution in [1.82, 2.24) is 0 Å². The maximum atomic E-state index is 10.6. The monoisotopic (exact) mass is 188 g/mol. The van der Waals surface area contributed by atoms with Gasteiger partial charge in [-0.15, -0.1) is 0 Å². The molecule has 0 unspecified atom stereocenters. The molecule has 0 bridgehead atoms. The number of rotatable bonds is 6. The molecule has 0 saturated carbocycles. The van der Waals surface area contributed by atoms with Crippen molar-refractivity contribution in [2.24, 2.45) is 0 Å². The van der Waals surface area contributed by atoms with Gasteiger partial charge in [0.1, 0.15) is 0 Å². The summed E-state index contributed by atoms with van der Waals surface area (Å²) in [6.45, 7) is 4.54. The van der Waals surface area contributed by atoms with Crippen LogP contribution in [-0.2, 0) is 9.53 Å². The lowest BCUT2D eigenvalue weighted by Crippen LogP contribution is -2.41. The van der Waals surface area contributed by atoms with Crippen LogP contribution in [0.3, 0.4) is 0 Å². The fourth-order valence-electron chi connectivity index (χ4n) is 0.795. The molecule has 0 atom stereocenters. The molecule has 0 aromatic carbocycles. The predicted molar refractivity (Wildman–Crippen MR) is 49.8 cm³/mol. The van der Waals surface area contributed by atoms with E-state index in [-0.39, 0.29) is 6.73 Å². The predicted octanol–water partition coefficient (Wildman–Crippen LogP) is 0.132. The third-order valence-corrected chi connectivity index (χ3v) is 1.70. The topological polar surface area (TPSA) is 46.5 Å². The highest BCUT2D eigenvalue weighted by atomic mass is 16.5. The summed E-state index contributed by atoms with van der Waals surface area (Å²) < 4.78 is 5.30. The molecule has 0 rings (SSSR count). The molecular weight excluding hydrogens is 170 g/mol. The Morgan fingerprint density at radius 3 is 2.69 bits per heavy atom. The Hall–Kier alpha value is -0.870. The van der Waals surface area contributed by atoms with Crippen molar-refractivity contribution in [3.63, 3.8) is 0 Å². The minimum Gasteiger partial charge on any atom is -0.462 e. The number of aliphatic hydroxyl groups is 1. The molecule has 0 aliphatic rings. The molecule has 0 heterocycles. The number of nitrogens with zero attached hydrogens (tertiary/aromatic N) is 1. The SMILES string of the molecule is C=CC(=O)OCCC[N+](C)(C)CO. The molecule has 0 radical (unpaired) electrons. The second-order valence-corrected chi connectivity index (χ2v) is 3.53. The lowest BCUT2D eigenvalue weighted by Gasteiger charge is -2.26. The van der Waals surface area contributed by atoms with Gasteiger partial charge >= 0.3 is 5.97 Å². The lowest BCUT2D eigenvalue weighted by molar-refractivity contribution is -0.909. The summed E-state index contributed by atoms with van der Waals surface area (Å²) in [5.41, 5.74) is 0. The van der Waals surface area contributed by atoms with Crippen molar-refractivity contribution in [3.8, 4) is 0 Å². The highest BCUT2D eigenvalue weighted by molar-refractivity contribution is 5.81. The normalized spacial score (nSPS) is 11.0. The Kier molecular flexibility index (Phi) is 5.34. The second-order valence-electron chi connectivity index (χ2n) is 3.53. The first kappa shape index (κ1) is 12.1. The zero-order chi connectivity index (χ0) is 10.3. The van der Waals surface area contributed by atoms with Crippen molar-refractivity contribution in [1.29, 1.82) is 0 Å².